The minimum Gasteiger partial charge on any atom is -0.497 e. The van der Waals surface area contributed by atoms with Crippen molar-refractivity contribution in [2.45, 2.75) is 6.42 Å². The second-order valence-corrected chi connectivity index (χ2v) is 4.40. The minimum atomic E-state index is -0.388. The number of anilines is 1. The van der Waals surface area contributed by atoms with Gasteiger partial charge in [0.2, 0.25) is 0 Å². The zero-order valence-corrected chi connectivity index (χ0v) is 10.2. The number of hydrogen-bond acceptors (Lipinski definition) is 5. The van der Waals surface area contributed by atoms with Crippen LogP contribution in [-0.2, 0) is 0 Å². The SMILES string of the molecule is COc1ccc([N+](=O)[O-])c(N2CCC(CO)C2)c1. The molecule has 1 fully saturated rings. The van der Waals surface area contributed by atoms with Gasteiger partial charge >= 0.3 is 0 Å². The number of hydrogen-bond donors (Lipinski definition) is 1. The van der Waals surface area contributed by atoms with E-state index in [1.54, 1.807) is 12.1 Å². The van der Waals surface area contributed by atoms with Crippen LogP contribution in [0.4, 0.5) is 11.4 Å². The molecule has 1 aromatic rings. The van der Waals surface area contributed by atoms with Crippen LogP contribution in [0.1, 0.15) is 6.42 Å². The van der Waals surface area contributed by atoms with Crippen molar-refractivity contribution in [3.63, 3.8) is 0 Å². The molecule has 18 heavy (non-hydrogen) atoms. The Morgan fingerprint density at radius 2 is 2.39 bits per heavy atom. The molecule has 1 saturated heterocycles. The van der Waals surface area contributed by atoms with Crippen LogP contribution in [0.3, 0.4) is 0 Å². The zero-order chi connectivity index (χ0) is 13.1. The number of nitro groups is 1. The van der Waals surface area contributed by atoms with Gasteiger partial charge < -0.3 is 14.7 Å². The van der Waals surface area contributed by atoms with Crippen LogP contribution in [0.15, 0.2) is 18.2 Å². The molecule has 1 heterocycles. The van der Waals surface area contributed by atoms with Gasteiger partial charge in [0.1, 0.15) is 11.4 Å². The van der Waals surface area contributed by atoms with Crippen molar-refractivity contribution in [3.8, 4) is 5.75 Å². The van der Waals surface area contributed by atoms with Crippen LogP contribution in [-0.4, -0.2) is 36.8 Å². The first-order valence-corrected chi connectivity index (χ1v) is 5.84. The lowest BCUT2D eigenvalue weighted by atomic mass is 10.1. The van der Waals surface area contributed by atoms with Gasteiger partial charge in [0.05, 0.1) is 12.0 Å². The summed E-state index contributed by atoms with van der Waals surface area (Å²) in [4.78, 5) is 12.6. The van der Waals surface area contributed by atoms with E-state index in [2.05, 4.69) is 0 Å². The molecule has 6 heteroatoms. The summed E-state index contributed by atoms with van der Waals surface area (Å²) in [6.45, 7) is 1.48. The molecule has 1 aliphatic rings. The molecule has 0 spiro atoms. The van der Waals surface area contributed by atoms with Crippen LogP contribution >= 0.6 is 0 Å². The molecule has 98 valence electrons. The Hall–Kier alpha value is -1.82. The van der Waals surface area contributed by atoms with Crippen LogP contribution in [0, 0.1) is 16.0 Å². The number of methoxy groups -OCH3 is 1. The van der Waals surface area contributed by atoms with Crippen molar-refractivity contribution in [1.29, 1.82) is 0 Å². The van der Waals surface area contributed by atoms with Crippen LogP contribution < -0.4 is 9.64 Å². The van der Waals surface area contributed by atoms with Crippen molar-refractivity contribution < 1.29 is 14.8 Å². The molecule has 0 amide bonds. The number of benzene rings is 1. The molecule has 0 radical (unpaired) electrons. The Bertz CT molecular complexity index is 450. The van der Waals surface area contributed by atoms with Gasteiger partial charge in [0.15, 0.2) is 0 Å². The van der Waals surface area contributed by atoms with Gasteiger partial charge in [-0.3, -0.25) is 10.1 Å². The maximum atomic E-state index is 11.0. The van der Waals surface area contributed by atoms with E-state index >= 15 is 0 Å². The van der Waals surface area contributed by atoms with Gasteiger partial charge in [-0.1, -0.05) is 0 Å². The average molecular weight is 252 g/mol. The highest BCUT2D eigenvalue weighted by molar-refractivity contribution is 5.66. The Morgan fingerprint density at radius 1 is 1.61 bits per heavy atom. The first kappa shape index (κ1) is 12.6. The molecule has 0 saturated carbocycles. The molecule has 1 atom stereocenters. The average Bonchev–Trinajstić information content (AvgIpc) is 2.86. The molecule has 0 bridgehead atoms. The minimum absolute atomic E-state index is 0.0781. The molecule has 6 nitrogen and oxygen atoms in total. The van der Waals surface area contributed by atoms with E-state index in [1.165, 1.54) is 13.2 Å². The maximum Gasteiger partial charge on any atom is 0.292 e. The van der Waals surface area contributed by atoms with Crippen molar-refractivity contribution in [2.24, 2.45) is 5.92 Å². The summed E-state index contributed by atoms with van der Waals surface area (Å²) in [5.74, 6) is 0.791. The van der Waals surface area contributed by atoms with Gasteiger partial charge in [0, 0.05) is 37.7 Å². The number of aliphatic hydroxyl groups is 1. The molecule has 1 unspecified atom stereocenters. The van der Waals surface area contributed by atoms with E-state index < -0.39 is 0 Å². The standard InChI is InChI=1S/C12H16N2O4/c1-18-10-2-3-11(14(16)17)12(6-10)13-5-4-9(7-13)8-15/h2-3,6,9,15H,4-5,7-8H2,1H3. The van der Waals surface area contributed by atoms with Gasteiger partial charge in [-0.15, -0.1) is 0 Å². The largest absolute Gasteiger partial charge is 0.497 e. The highest BCUT2D eigenvalue weighted by Gasteiger charge is 2.27. The number of aliphatic hydroxyl groups excluding tert-OH is 1. The Kier molecular flexibility index (Phi) is 3.66. The highest BCUT2D eigenvalue weighted by atomic mass is 16.6. The Balaban J connectivity index is 2.32. The second-order valence-electron chi connectivity index (χ2n) is 4.40. The summed E-state index contributed by atoms with van der Waals surface area (Å²) in [6.07, 6.45) is 0.852. The van der Waals surface area contributed by atoms with E-state index in [0.29, 0.717) is 18.0 Å². The maximum absolute atomic E-state index is 11.0. The molecule has 1 aromatic carbocycles. The van der Waals surface area contributed by atoms with Crippen molar-refractivity contribution in [1.82, 2.24) is 0 Å². The molecule has 1 N–H and O–H groups in total. The molecular weight excluding hydrogens is 236 g/mol. The Morgan fingerprint density at radius 3 is 2.94 bits per heavy atom. The third-order valence-corrected chi connectivity index (χ3v) is 3.26. The first-order chi connectivity index (χ1) is 8.65. The predicted octanol–water partition coefficient (Wildman–Crippen LogP) is 1.42. The summed E-state index contributed by atoms with van der Waals surface area (Å²) >= 11 is 0. The third-order valence-electron chi connectivity index (χ3n) is 3.26. The number of nitro benzene ring substituents is 1. The predicted molar refractivity (Wildman–Crippen MR) is 67.1 cm³/mol. The summed E-state index contributed by atoms with van der Waals surface area (Å²) in [6, 6.07) is 4.72. The van der Waals surface area contributed by atoms with E-state index in [1.807, 2.05) is 4.90 Å². The summed E-state index contributed by atoms with van der Waals surface area (Å²) in [7, 11) is 1.53. The zero-order valence-electron chi connectivity index (χ0n) is 10.2. The smallest absolute Gasteiger partial charge is 0.292 e. The fraction of sp³-hybridized carbons (Fsp3) is 0.500. The van der Waals surface area contributed by atoms with E-state index in [0.717, 1.165) is 13.0 Å². The molecule has 0 aliphatic carbocycles. The number of nitrogens with zero attached hydrogens (tertiary/aromatic N) is 2. The van der Waals surface area contributed by atoms with E-state index in [-0.39, 0.29) is 23.1 Å². The van der Waals surface area contributed by atoms with Gasteiger partial charge in [0.25, 0.3) is 5.69 Å². The van der Waals surface area contributed by atoms with Gasteiger partial charge in [-0.25, -0.2) is 0 Å². The number of rotatable bonds is 4. The molecule has 1 aliphatic heterocycles. The first-order valence-electron chi connectivity index (χ1n) is 5.84. The topological polar surface area (TPSA) is 75.8 Å². The molecule has 2 rings (SSSR count). The monoisotopic (exact) mass is 252 g/mol. The fourth-order valence-electron chi connectivity index (χ4n) is 2.24. The summed E-state index contributed by atoms with van der Waals surface area (Å²) < 4.78 is 5.10. The quantitative estimate of drug-likeness (QED) is 0.648. The third kappa shape index (κ3) is 2.38. The second kappa shape index (κ2) is 5.22. The van der Waals surface area contributed by atoms with Crippen LogP contribution in [0.2, 0.25) is 0 Å². The fourth-order valence-corrected chi connectivity index (χ4v) is 2.24. The lowest BCUT2D eigenvalue weighted by Gasteiger charge is -2.18. The summed E-state index contributed by atoms with van der Waals surface area (Å²) in [5.41, 5.74) is 0.643. The van der Waals surface area contributed by atoms with Gasteiger partial charge in [-0.05, 0) is 12.5 Å². The van der Waals surface area contributed by atoms with Crippen molar-refractivity contribution in [2.75, 3.05) is 31.7 Å². The normalized spacial score (nSPS) is 19.0. The lowest BCUT2D eigenvalue weighted by Crippen LogP contribution is -2.21. The van der Waals surface area contributed by atoms with Gasteiger partial charge in [-0.2, -0.15) is 0 Å². The molecule has 0 aromatic heterocycles. The van der Waals surface area contributed by atoms with Crippen molar-refractivity contribution >= 4 is 11.4 Å². The van der Waals surface area contributed by atoms with Crippen LogP contribution in [0.25, 0.3) is 0 Å². The summed E-state index contributed by atoms with van der Waals surface area (Å²) in [5, 5.41) is 20.1. The lowest BCUT2D eigenvalue weighted by molar-refractivity contribution is -0.384. The van der Waals surface area contributed by atoms with E-state index in [9.17, 15) is 10.1 Å². The van der Waals surface area contributed by atoms with Crippen LogP contribution in [0.5, 0.6) is 5.75 Å². The number of ether oxygens (including phenoxy) is 1. The highest BCUT2D eigenvalue weighted by Crippen LogP contribution is 2.35. The van der Waals surface area contributed by atoms with E-state index in [4.69, 9.17) is 9.84 Å². The van der Waals surface area contributed by atoms with Crippen molar-refractivity contribution in [3.05, 3.63) is 28.3 Å². The Labute approximate surface area is 105 Å². The molecular formula is C12H16N2O4.